The minimum absolute atomic E-state index is 0.469. The summed E-state index contributed by atoms with van der Waals surface area (Å²) >= 11 is 5.95. The number of nitrogen functional groups attached to an aromatic ring is 1. The highest BCUT2D eigenvalue weighted by atomic mass is 35.5. The van der Waals surface area contributed by atoms with Gasteiger partial charge in [0.05, 0.1) is 0 Å². The zero-order valence-electron chi connectivity index (χ0n) is 11.1. The van der Waals surface area contributed by atoms with Crippen LogP contribution in [0.4, 0.5) is 11.5 Å². The zero-order valence-corrected chi connectivity index (χ0v) is 11.8. The lowest BCUT2D eigenvalue weighted by molar-refractivity contribution is 0.232. The van der Waals surface area contributed by atoms with E-state index in [2.05, 4.69) is 28.6 Å². The molecule has 0 amide bonds. The van der Waals surface area contributed by atoms with Crippen molar-refractivity contribution in [3.8, 4) is 0 Å². The number of hydrogen-bond donors (Lipinski definition) is 1. The maximum Gasteiger partial charge on any atom is 0.133 e. The van der Waals surface area contributed by atoms with Crippen LogP contribution in [-0.2, 0) is 0 Å². The smallest absolute Gasteiger partial charge is 0.133 e. The number of likely N-dealkylation sites (N-methyl/N-ethyl adjacent to an activating group) is 1. The van der Waals surface area contributed by atoms with Crippen molar-refractivity contribution in [1.29, 1.82) is 0 Å². The third-order valence-electron chi connectivity index (χ3n) is 3.62. The van der Waals surface area contributed by atoms with Gasteiger partial charge < -0.3 is 10.6 Å². The Morgan fingerprint density at radius 3 is 2.78 bits per heavy atom. The molecule has 0 aromatic carbocycles. The summed E-state index contributed by atoms with van der Waals surface area (Å²) in [5.41, 5.74) is 6.49. The van der Waals surface area contributed by atoms with E-state index in [9.17, 15) is 0 Å². The van der Waals surface area contributed by atoms with Gasteiger partial charge in [0.25, 0.3) is 0 Å². The van der Waals surface area contributed by atoms with Crippen molar-refractivity contribution >= 4 is 23.1 Å². The topological polar surface area (TPSA) is 45.4 Å². The highest BCUT2D eigenvalue weighted by Crippen LogP contribution is 2.24. The number of aromatic nitrogens is 1. The summed E-state index contributed by atoms with van der Waals surface area (Å²) in [6.45, 7) is 8.65. The number of nitrogens with two attached hydrogens (primary N) is 1. The van der Waals surface area contributed by atoms with E-state index in [1.165, 1.54) is 6.42 Å². The lowest BCUT2D eigenvalue weighted by atomic mass is 10.2. The highest BCUT2D eigenvalue weighted by molar-refractivity contribution is 6.29. The van der Waals surface area contributed by atoms with Gasteiger partial charge in [-0.05, 0) is 25.6 Å². The number of rotatable bonds is 4. The van der Waals surface area contributed by atoms with Gasteiger partial charge in [0.2, 0.25) is 0 Å². The van der Waals surface area contributed by atoms with Crippen LogP contribution in [0.25, 0.3) is 0 Å². The summed E-state index contributed by atoms with van der Waals surface area (Å²) in [5.74, 6) is 0.898. The average molecular weight is 269 g/mol. The predicted octanol–water partition coefficient (Wildman–Crippen LogP) is 2.24. The van der Waals surface area contributed by atoms with E-state index in [-0.39, 0.29) is 0 Å². The second-order valence-corrected chi connectivity index (χ2v) is 5.08. The van der Waals surface area contributed by atoms with Gasteiger partial charge in [-0.25, -0.2) is 4.98 Å². The quantitative estimate of drug-likeness (QED) is 0.851. The summed E-state index contributed by atoms with van der Waals surface area (Å²) in [4.78, 5) is 9.12. The zero-order chi connectivity index (χ0) is 13.1. The Hall–Kier alpha value is -1.00. The van der Waals surface area contributed by atoms with E-state index in [0.717, 1.165) is 32.0 Å². The van der Waals surface area contributed by atoms with Gasteiger partial charge in [-0.15, -0.1) is 0 Å². The second-order valence-electron chi connectivity index (χ2n) is 4.69. The number of pyridine rings is 1. The molecular formula is C13H21ClN4. The first-order valence-corrected chi connectivity index (χ1v) is 6.93. The van der Waals surface area contributed by atoms with Crippen LogP contribution in [0, 0.1) is 0 Å². The van der Waals surface area contributed by atoms with Gasteiger partial charge >= 0.3 is 0 Å². The highest BCUT2D eigenvalue weighted by Gasteiger charge is 2.27. The molecule has 2 heterocycles. The molecule has 4 nitrogen and oxygen atoms in total. The Morgan fingerprint density at radius 2 is 2.17 bits per heavy atom. The molecule has 0 radical (unpaired) electrons. The van der Waals surface area contributed by atoms with Crippen molar-refractivity contribution in [3.05, 3.63) is 17.3 Å². The fraction of sp³-hybridized carbons (Fsp3) is 0.615. The Morgan fingerprint density at radius 1 is 1.44 bits per heavy atom. The molecule has 5 heteroatoms. The van der Waals surface area contributed by atoms with E-state index in [1.807, 2.05) is 6.07 Å². The molecule has 0 aliphatic carbocycles. The normalized spacial score (nSPS) is 19.8. The number of nitrogens with zero attached hydrogens (tertiary/aromatic N) is 3. The van der Waals surface area contributed by atoms with Crippen LogP contribution in [0.15, 0.2) is 12.1 Å². The van der Waals surface area contributed by atoms with Gasteiger partial charge in [-0.2, -0.15) is 0 Å². The number of halogens is 1. The number of anilines is 2. The van der Waals surface area contributed by atoms with Gasteiger partial charge in [0, 0.05) is 30.9 Å². The van der Waals surface area contributed by atoms with E-state index in [0.29, 0.717) is 16.9 Å². The fourth-order valence-corrected chi connectivity index (χ4v) is 2.86. The van der Waals surface area contributed by atoms with Crippen LogP contribution in [-0.4, -0.2) is 42.1 Å². The number of hydrogen-bond acceptors (Lipinski definition) is 4. The van der Waals surface area contributed by atoms with Gasteiger partial charge in [-0.3, -0.25) is 4.90 Å². The molecule has 1 atom stereocenters. The summed E-state index contributed by atoms with van der Waals surface area (Å²) in [6.07, 6.45) is 1.18. The fourth-order valence-electron chi connectivity index (χ4n) is 2.65. The van der Waals surface area contributed by atoms with Crippen LogP contribution in [0.5, 0.6) is 0 Å². The van der Waals surface area contributed by atoms with Crippen molar-refractivity contribution in [2.75, 3.05) is 36.8 Å². The molecule has 1 aromatic heterocycles. The third-order valence-corrected chi connectivity index (χ3v) is 3.81. The molecule has 0 saturated carbocycles. The maximum absolute atomic E-state index is 5.95. The molecule has 2 rings (SSSR count). The van der Waals surface area contributed by atoms with Crippen LogP contribution in [0.2, 0.25) is 5.15 Å². The standard InChI is InChI=1S/C13H21ClN4/c1-3-17(4-2)11-5-6-18(9-11)13-8-10(15)7-12(14)16-13/h7-8,11H,3-6,9H2,1-2H3,(H2,15,16). The van der Waals surface area contributed by atoms with Crippen molar-refractivity contribution in [1.82, 2.24) is 9.88 Å². The molecule has 2 N–H and O–H groups in total. The van der Waals surface area contributed by atoms with Gasteiger partial charge in [0.1, 0.15) is 11.0 Å². The van der Waals surface area contributed by atoms with Crippen LogP contribution in [0.3, 0.4) is 0 Å². The van der Waals surface area contributed by atoms with Crippen molar-refractivity contribution in [2.24, 2.45) is 0 Å². The maximum atomic E-state index is 5.95. The Labute approximate surface area is 114 Å². The predicted molar refractivity (Wildman–Crippen MR) is 77.2 cm³/mol. The first kappa shape index (κ1) is 13.4. The average Bonchev–Trinajstić information content (AvgIpc) is 2.79. The molecule has 0 spiro atoms. The molecule has 1 saturated heterocycles. The molecule has 1 aliphatic rings. The first-order chi connectivity index (χ1) is 8.63. The second kappa shape index (κ2) is 5.76. The Balaban J connectivity index is 2.08. The van der Waals surface area contributed by atoms with E-state index < -0.39 is 0 Å². The lowest BCUT2D eigenvalue weighted by Crippen LogP contribution is -2.37. The summed E-state index contributed by atoms with van der Waals surface area (Å²) in [5, 5.41) is 0.469. The minimum atomic E-state index is 0.469. The van der Waals surface area contributed by atoms with Gasteiger partial charge in [-0.1, -0.05) is 25.4 Å². The molecule has 1 fully saturated rings. The minimum Gasteiger partial charge on any atom is -0.399 e. The molecule has 100 valence electrons. The van der Waals surface area contributed by atoms with E-state index >= 15 is 0 Å². The van der Waals surface area contributed by atoms with E-state index in [1.54, 1.807) is 6.07 Å². The van der Waals surface area contributed by atoms with Gasteiger partial charge in [0.15, 0.2) is 0 Å². The first-order valence-electron chi connectivity index (χ1n) is 6.56. The van der Waals surface area contributed by atoms with Crippen molar-refractivity contribution in [3.63, 3.8) is 0 Å². The molecule has 18 heavy (non-hydrogen) atoms. The van der Waals surface area contributed by atoms with Crippen LogP contribution >= 0.6 is 11.6 Å². The molecule has 1 unspecified atom stereocenters. The Kier molecular flexibility index (Phi) is 4.30. The molecular weight excluding hydrogens is 248 g/mol. The summed E-state index contributed by atoms with van der Waals surface area (Å²) < 4.78 is 0. The van der Waals surface area contributed by atoms with Crippen molar-refractivity contribution in [2.45, 2.75) is 26.3 Å². The molecule has 0 bridgehead atoms. The summed E-state index contributed by atoms with van der Waals surface area (Å²) in [6, 6.07) is 4.20. The largest absolute Gasteiger partial charge is 0.399 e. The van der Waals surface area contributed by atoms with Crippen LogP contribution < -0.4 is 10.6 Å². The molecule has 1 aliphatic heterocycles. The van der Waals surface area contributed by atoms with Crippen molar-refractivity contribution < 1.29 is 0 Å². The monoisotopic (exact) mass is 268 g/mol. The van der Waals surface area contributed by atoms with E-state index in [4.69, 9.17) is 17.3 Å². The third kappa shape index (κ3) is 2.87. The SMILES string of the molecule is CCN(CC)C1CCN(c2cc(N)cc(Cl)n2)C1. The molecule has 1 aromatic rings. The van der Waals surface area contributed by atoms with Crippen LogP contribution in [0.1, 0.15) is 20.3 Å². The Bertz CT molecular complexity index is 386. The lowest BCUT2D eigenvalue weighted by Gasteiger charge is -2.26. The summed E-state index contributed by atoms with van der Waals surface area (Å²) in [7, 11) is 0.